The lowest BCUT2D eigenvalue weighted by Gasteiger charge is -2.26. The van der Waals surface area contributed by atoms with E-state index in [1.807, 2.05) is 58.3 Å². The quantitative estimate of drug-likeness (QED) is 0.601. The summed E-state index contributed by atoms with van der Waals surface area (Å²) in [5.74, 6) is -0.0540. The van der Waals surface area contributed by atoms with Crippen molar-refractivity contribution >= 4 is 18.0 Å². The molecule has 2 heterocycles. The van der Waals surface area contributed by atoms with Crippen LogP contribution in [0.5, 0.6) is 0 Å². The molecular weight excluding hydrogens is 354 g/mol. The Balaban J connectivity index is 1.68. The van der Waals surface area contributed by atoms with Gasteiger partial charge in [-0.1, -0.05) is 12.1 Å². The molecule has 28 heavy (non-hydrogen) atoms. The fourth-order valence-electron chi connectivity index (χ4n) is 3.17. The predicted octanol–water partition coefficient (Wildman–Crippen LogP) is 3.65. The number of benzene rings is 1. The fourth-order valence-corrected chi connectivity index (χ4v) is 3.17. The van der Waals surface area contributed by atoms with Crippen LogP contribution in [0.2, 0.25) is 0 Å². The zero-order valence-corrected chi connectivity index (χ0v) is 16.9. The molecule has 0 unspecified atom stereocenters. The summed E-state index contributed by atoms with van der Waals surface area (Å²) in [6, 6.07) is 7.65. The van der Waals surface area contributed by atoms with Crippen LogP contribution < -0.4 is 0 Å². The van der Waals surface area contributed by atoms with Crippen molar-refractivity contribution in [3.63, 3.8) is 0 Å². The van der Waals surface area contributed by atoms with Crippen molar-refractivity contribution in [2.45, 2.75) is 39.2 Å². The fraction of sp³-hybridized carbons (Fsp3) is 0.409. The molecule has 1 aliphatic rings. The van der Waals surface area contributed by atoms with Gasteiger partial charge in [-0.25, -0.2) is 4.79 Å². The molecule has 6 heteroatoms. The van der Waals surface area contributed by atoms with Gasteiger partial charge >= 0.3 is 6.09 Å². The van der Waals surface area contributed by atoms with Crippen molar-refractivity contribution in [3.8, 4) is 0 Å². The van der Waals surface area contributed by atoms with E-state index in [9.17, 15) is 9.59 Å². The molecule has 0 atom stereocenters. The minimum Gasteiger partial charge on any atom is -0.444 e. The van der Waals surface area contributed by atoms with Crippen molar-refractivity contribution in [1.82, 2.24) is 14.7 Å². The first-order valence-corrected chi connectivity index (χ1v) is 9.53. The maximum absolute atomic E-state index is 12.5. The van der Waals surface area contributed by atoms with Crippen molar-refractivity contribution in [2.75, 3.05) is 13.1 Å². The molecule has 148 valence electrons. The van der Waals surface area contributed by atoms with Crippen LogP contribution in [-0.2, 0) is 24.6 Å². The SMILES string of the molecule is Cn1ccc(C=CC(=O)c2ccc3c(c2)CCN(C(=O)OC(C)(C)C)CC3)n1. The summed E-state index contributed by atoms with van der Waals surface area (Å²) in [6.45, 7) is 6.81. The Morgan fingerprint density at radius 1 is 1.11 bits per heavy atom. The van der Waals surface area contributed by atoms with E-state index in [2.05, 4.69) is 5.10 Å². The summed E-state index contributed by atoms with van der Waals surface area (Å²) in [4.78, 5) is 26.6. The number of ketones is 1. The van der Waals surface area contributed by atoms with E-state index in [4.69, 9.17) is 4.74 Å². The third-order valence-corrected chi connectivity index (χ3v) is 4.58. The minimum absolute atomic E-state index is 0.0540. The van der Waals surface area contributed by atoms with Gasteiger partial charge in [0.2, 0.25) is 0 Å². The first-order chi connectivity index (χ1) is 13.2. The number of ether oxygens (including phenoxy) is 1. The van der Waals surface area contributed by atoms with Gasteiger partial charge in [-0.15, -0.1) is 0 Å². The molecular formula is C22H27N3O3. The summed E-state index contributed by atoms with van der Waals surface area (Å²) >= 11 is 0. The van der Waals surface area contributed by atoms with Gasteiger partial charge in [0, 0.05) is 31.9 Å². The maximum Gasteiger partial charge on any atom is 0.410 e. The van der Waals surface area contributed by atoms with Crippen LogP contribution in [0.25, 0.3) is 6.08 Å². The zero-order chi connectivity index (χ0) is 20.3. The van der Waals surface area contributed by atoms with Crippen LogP contribution in [0.15, 0.2) is 36.5 Å². The number of carbonyl (C=O) groups is 2. The number of rotatable bonds is 3. The smallest absolute Gasteiger partial charge is 0.410 e. The van der Waals surface area contributed by atoms with Gasteiger partial charge in [-0.05, 0) is 69.0 Å². The van der Waals surface area contributed by atoms with E-state index in [-0.39, 0.29) is 11.9 Å². The topological polar surface area (TPSA) is 64.4 Å². The summed E-state index contributed by atoms with van der Waals surface area (Å²) < 4.78 is 7.18. The molecule has 0 aliphatic carbocycles. The lowest BCUT2D eigenvalue weighted by Crippen LogP contribution is -2.38. The van der Waals surface area contributed by atoms with Crippen LogP contribution in [0, 0.1) is 0 Å². The standard InChI is InChI=1S/C22H27N3O3/c1-22(2,3)28-21(27)25-13-9-16-5-6-18(15-17(16)10-14-25)20(26)8-7-19-11-12-24(4)23-19/h5-8,11-12,15H,9-10,13-14H2,1-4H3. The number of fused-ring (bicyclic) bond motifs is 1. The maximum atomic E-state index is 12.5. The predicted molar refractivity (Wildman–Crippen MR) is 108 cm³/mol. The normalized spacial score (nSPS) is 14.6. The molecule has 1 aromatic heterocycles. The third-order valence-electron chi connectivity index (χ3n) is 4.58. The lowest BCUT2D eigenvalue weighted by atomic mass is 9.98. The molecule has 3 rings (SSSR count). The van der Waals surface area contributed by atoms with E-state index in [1.54, 1.807) is 21.7 Å². The molecule has 0 spiro atoms. The molecule has 0 saturated carbocycles. The Hall–Kier alpha value is -2.89. The van der Waals surface area contributed by atoms with Crippen LogP contribution in [0.3, 0.4) is 0 Å². The van der Waals surface area contributed by atoms with Crippen LogP contribution in [0.4, 0.5) is 4.79 Å². The highest BCUT2D eigenvalue weighted by atomic mass is 16.6. The summed E-state index contributed by atoms with van der Waals surface area (Å²) in [7, 11) is 1.84. The Labute approximate surface area is 165 Å². The average Bonchev–Trinajstić information content (AvgIpc) is 2.91. The van der Waals surface area contributed by atoms with Crippen molar-refractivity contribution in [3.05, 3.63) is 58.9 Å². The van der Waals surface area contributed by atoms with Gasteiger partial charge < -0.3 is 9.64 Å². The number of aryl methyl sites for hydroxylation is 1. The monoisotopic (exact) mass is 381 g/mol. The minimum atomic E-state index is -0.504. The highest BCUT2D eigenvalue weighted by molar-refractivity contribution is 6.06. The van der Waals surface area contributed by atoms with E-state index in [0.717, 1.165) is 17.7 Å². The van der Waals surface area contributed by atoms with Gasteiger partial charge in [-0.3, -0.25) is 9.48 Å². The summed E-state index contributed by atoms with van der Waals surface area (Å²) in [5, 5.41) is 4.24. The molecule has 0 saturated heterocycles. The summed E-state index contributed by atoms with van der Waals surface area (Å²) in [6.07, 6.45) is 6.29. The van der Waals surface area contributed by atoms with Gasteiger partial charge in [0.15, 0.2) is 5.78 Å². The van der Waals surface area contributed by atoms with Gasteiger partial charge in [0.25, 0.3) is 0 Å². The Morgan fingerprint density at radius 2 is 1.82 bits per heavy atom. The van der Waals surface area contributed by atoms with Crippen LogP contribution >= 0.6 is 0 Å². The number of amides is 1. The number of hydrogen-bond acceptors (Lipinski definition) is 4. The second kappa shape index (κ2) is 8.00. The highest BCUT2D eigenvalue weighted by Crippen LogP contribution is 2.20. The number of carbonyl (C=O) groups excluding carboxylic acids is 2. The third kappa shape index (κ3) is 5.09. The number of allylic oxidation sites excluding steroid dienone is 1. The number of hydrogen-bond donors (Lipinski definition) is 0. The molecule has 0 fully saturated rings. The lowest BCUT2D eigenvalue weighted by molar-refractivity contribution is 0.0258. The van der Waals surface area contributed by atoms with E-state index in [1.165, 1.54) is 5.56 Å². The largest absolute Gasteiger partial charge is 0.444 e. The molecule has 1 aliphatic heterocycles. The van der Waals surface area contributed by atoms with Crippen LogP contribution in [-0.4, -0.2) is 45.2 Å². The Kier molecular flexibility index (Phi) is 5.68. The second-order valence-electron chi connectivity index (χ2n) is 8.06. The number of nitrogens with zero attached hydrogens (tertiary/aromatic N) is 3. The van der Waals surface area contributed by atoms with E-state index >= 15 is 0 Å². The Bertz CT molecular complexity index is 906. The van der Waals surface area contributed by atoms with Crippen molar-refractivity contribution in [2.24, 2.45) is 7.05 Å². The molecule has 0 N–H and O–H groups in total. The van der Waals surface area contributed by atoms with E-state index < -0.39 is 5.60 Å². The first kappa shape index (κ1) is 19.9. The average molecular weight is 381 g/mol. The Morgan fingerprint density at radius 3 is 2.46 bits per heavy atom. The van der Waals surface area contributed by atoms with Gasteiger partial charge in [0.05, 0.1) is 5.69 Å². The molecule has 2 aromatic rings. The zero-order valence-electron chi connectivity index (χ0n) is 16.9. The molecule has 0 bridgehead atoms. The molecule has 1 aromatic carbocycles. The first-order valence-electron chi connectivity index (χ1n) is 9.53. The second-order valence-corrected chi connectivity index (χ2v) is 8.06. The van der Waals surface area contributed by atoms with Crippen LogP contribution in [0.1, 0.15) is 48.0 Å². The van der Waals surface area contributed by atoms with Gasteiger partial charge in [0.1, 0.15) is 5.60 Å². The molecule has 0 radical (unpaired) electrons. The highest BCUT2D eigenvalue weighted by Gasteiger charge is 2.24. The number of aromatic nitrogens is 2. The van der Waals surface area contributed by atoms with Crippen molar-refractivity contribution in [1.29, 1.82) is 0 Å². The molecule has 6 nitrogen and oxygen atoms in total. The summed E-state index contributed by atoms with van der Waals surface area (Å²) in [5.41, 5.74) is 3.19. The van der Waals surface area contributed by atoms with Crippen molar-refractivity contribution < 1.29 is 14.3 Å². The van der Waals surface area contributed by atoms with E-state index in [0.29, 0.717) is 25.1 Å². The van der Waals surface area contributed by atoms with Gasteiger partial charge in [-0.2, -0.15) is 5.10 Å². The molecule has 1 amide bonds.